The van der Waals surface area contributed by atoms with Crippen LogP contribution in [0.25, 0.3) is 0 Å². The molecule has 0 aromatic rings. The van der Waals surface area contributed by atoms with Crippen molar-refractivity contribution in [2.24, 2.45) is 0 Å². The molecule has 0 aromatic carbocycles. The van der Waals surface area contributed by atoms with E-state index in [2.05, 4.69) is 26.0 Å². The lowest BCUT2D eigenvalue weighted by Gasteiger charge is -2.13. The zero-order valence-corrected chi connectivity index (χ0v) is 12.7. The average molecular weight is 268 g/mol. The largest absolute Gasteiger partial charge is 0.390 e. The number of allylic oxidation sites excluding steroid dienone is 3. The van der Waals surface area contributed by atoms with E-state index in [0.29, 0.717) is 6.42 Å². The Morgan fingerprint density at radius 2 is 1.53 bits per heavy atom. The van der Waals surface area contributed by atoms with Gasteiger partial charge in [-0.3, -0.25) is 0 Å². The van der Waals surface area contributed by atoms with Crippen LogP contribution in [0.15, 0.2) is 24.3 Å². The normalized spacial score (nSPS) is 15.4. The van der Waals surface area contributed by atoms with Gasteiger partial charge >= 0.3 is 0 Å². The molecule has 0 heterocycles. The minimum Gasteiger partial charge on any atom is -0.390 e. The second-order valence-electron chi connectivity index (χ2n) is 5.18. The molecular formula is C17H32O2. The molecule has 0 saturated heterocycles. The fourth-order valence-corrected chi connectivity index (χ4v) is 1.93. The van der Waals surface area contributed by atoms with E-state index in [1.54, 1.807) is 6.08 Å². The SMILES string of the molecule is CCCCCC=CCC=CC(O)C(O)CCCCC. The molecule has 0 bridgehead atoms. The Bertz CT molecular complexity index is 233. The Morgan fingerprint density at radius 3 is 2.21 bits per heavy atom. The van der Waals surface area contributed by atoms with E-state index in [1.165, 1.54) is 19.3 Å². The van der Waals surface area contributed by atoms with Crippen LogP contribution >= 0.6 is 0 Å². The van der Waals surface area contributed by atoms with E-state index in [-0.39, 0.29) is 0 Å². The zero-order chi connectivity index (χ0) is 14.3. The monoisotopic (exact) mass is 268 g/mol. The first-order valence-corrected chi connectivity index (χ1v) is 7.90. The van der Waals surface area contributed by atoms with Crippen molar-refractivity contribution in [2.45, 2.75) is 83.8 Å². The van der Waals surface area contributed by atoms with E-state index < -0.39 is 12.2 Å². The molecular weight excluding hydrogens is 236 g/mol. The maximum atomic E-state index is 9.73. The summed E-state index contributed by atoms with van der Waals surface area (Å²) in [7, 11) is 0. The number of aliphatic hydroxyl groups excluding tert-OH is 2. The third-order valence-corrected chi connectivity index (χ3v) is 3.24. The second kappa shape index (κ2) is 13.8. The maximum Gasteiger partial charge on any atom is 0.0980 e. The molecule has 2 unspecified atom stereocenters. The molecule has 2 heteroatoms. The molecule has 19 heavy (non-hydrogen) atoms. The molecule has 2 atom stereocenters. The van der Waals surface area contributed by atoms with Gasteiger partial charge in [0, 0.05) is 0 Å². The minimum absolute atomic E-state index is 0.615. The van der Waals surface area contributed by atoms with Crippen LogP contribution in [0.3, 0.4) is 0 Å². The zero-order valence-electron chi connectivity index (χ0n) is 12.7. The lowest BCUT2D eigenvalue weighted by molar-refractivity contribution is 0.0414. The van der Waals surface area contributed by atoms with Crippen molar-refractivity contribution < 1.29 is 10.2 Å². The number of rotatable bonds is 12. The molecule has 0 spiro atoms. The first-order valence-electron chi connectivity index (χ1n) is 7.90. The predicted molar refractivity (Wildman–Crippen MR) is 83.2 cm³/mol. The highest BCUT2D eigenvalue weighted by atomic mass is 16.3. The van der Waals surface area contributed by atoms with Crippen molar-refractivity contribution in [2.75, 3.05) is 0 Å². The highest BCUT2D eigenvalue weighted by Gasteiger charge is 2.11. The summed E-state index contributed by atoms with van der Waals surface area (Å²) in [6.45, 7) is 4.34. The highest BCUT2D eigenvalue weighted by molar-refractivity contribution is 4.97. The van der Waals surface area contributed by atoms with E-state index >= 15 is 0 Å². The summed E-state index contributed by atoms with van der Waals surface area (Å²) >= 11 is 0. The minimum atomic E-state index is -0.717. The molecule has 0 fully saturated rings. The van der Waals surface area contributed by atoms with Gasteiger partial charge in [0.05, 0.1) is 12.2 Å². The number of aliphatic hydroxyl groups is 2. The summed E-state index contributed by atoms with van der Waals surface area (Å²) in [5, 5.41) is 19.5. The van der Waals surface area contributed by atoms with Crippen molar-refractivity contribution in [3.8, 4) is 0 Å². The first-order chi connectivity index (χ1) is 9.22. The van der Waals surface area contributed by atoms with Crippen LogP contribution in [0.2, 0.25) is 0 Å². The second-order valence-corrected chi connectivity index (χ2v) is 5.18. The van der Waals surface area contributed by atoms with E-state index in [9.17, 15) is 10.2 Å². The lowest BCUT2D eigenvalue weighted by atomic mass is 10.1. The Labute approximate surface area is 119 Å². The summed E-state index contributed by atoms with van der Waals surface area (Å²) in [6.07, 6.45) is 16.4. The van der Waals surface area contributed by atoms with E-state index in [1.807, 2.05) is 6.08 Å². The summed E-state index contributed by atoms with van der Waals surface area (Å²) in [5.74, 6) is 0. The molecule has 0 aliphatic heterocycles. The average Bonchev–Trinajstić information content (AvgIpc) is 2.41. The molecule has 0 aliphatic rings. The van der Waals surface area contributed by atoms with Gasteiger partial charge in [0.15, 0.2) is 0 Å². The van der Waals surface area contributed by atoms with Gasteiger partial charge in [-0.25, -0.2) is 0 Å². The topological polar surface area (TPSA) is 40.5 Å². The molecule has 2 N–H and O–H groups in total. The number of hydrogen-bond acceptors (Lipinski definition) is 2. The van der Waals surface area contributed by atoms with Gasteiger partial charge in [0.1, 0.15) is 0 Å². The van der Waals surface area contributed by atoms with Crippen molar-refractivity contribution >= 4 is 0 Å². The molecule has 0 saturated carbocycles. The van der Waals surface area contributed by atoms with Crippen LogP contribution < -0.4 is 0 Å². The summed E-state index contributed by atoms with van der Waals surface area (Å²) < 4.78 is 0. The van der Waals surface area contributed by atoms with Gasteiger partial charge in [-0.1, -0.05) is 70.3 Å². The van der Waals surface area contributed by atoms with E-state index in [0.717, 1.165) is 32.1 Å². The third kappa shape index (κ3) is 12.2. The molecule has 112 valence electrons. The molecule has 2 nitrogen and oxygen atoms in total. The van der Waals surface area contributed by atoms with Crippen LogP contribution in [-0.4, -0.2) is 22.4 Å². The maximum absolute atomic E-state index is 9.73. The van der Waals surface area contributed by atoms with E-state index in [4.69, 9.17) is 0 Å². The fourth-order valence-electron chi connectivity index (χ4n) is 1.93. The van der Waals surface area contributed by atoms with Crippen molar-refractivity contribution in [1.29, 1.82) is 0 Å². The van der Waals surface area contributed by atoms with Crippen molar-refractivity contribution in [3.05, 3.63) is 24.3 Å². The van der Waals surface area contributed by atoms with Crippen LogP contribution in [0.5, 0.6) is 0 Å². The van der Waals surface area contributed by atoms with Gasteiger partial charge in [0.25, 0.3) is 0 Å². The Kier molecular flexibility index (Phi) is 13.4. The van der Waals surface area contributed by atoms with Gasteiger partial charge in [-0.15, -0.1) is 0 Å². The molecule has 0 amide bonds. The quantitative estimate of drug-likeness (QED) is 0.407. The summed E-state index contributed by atoms with van der Waals surface area (Å²) in [5.41, 5.74) is 0. The first kappa shape index (κ1) is 18.4. The smallest absolute Gasteiger partial charge is 0.0980 e. The fraction of sp³-hybridized carbons (Fsp3) is 0.765. The Balaban J connectivity index is 3.62. The molecule has 0 radical (unpaired) electrons. The Morgan fingerprint density at radius 1 is 0.842 bits per heavy atom. The molecule has 0 rings (SSSR count). The highest BCUT2D eigenvalue weighted by Crippen LogP contribution is 2.08. The van der Waals surface area contributed by atoms with Gasteiger partial charge in [-0.2, -0.15) is 0 Å². The third-order valence-electron chi connectivity index (χ3n) is 3.24. The number of unbranched alkanes of at least 4 members (excludes halogenated alkanes) is 5. The van der Waals surface area contributed by atoms with Crippen molar-refractivity contribution in [3.63, 3.8) is 0 Å². The van der Waals surface area contributed by atoms with Crippen LogP contribution in [0.4, 0.5) is 0 Å². The predicted octanol–water partition coefficient (Wildman–Crippen LogP) is 4.37. The van der Waals surface area contributed by atoms with Crippen LogP contribution in [0, 0.1) is 0 Å². The summed E-state index contributed by atoms with van der Waals surface area (Å²) in [6, 6.07) is 0. The van der Waals surface area contributed by atoms with Crippen LogP contribution in [-0.2, 0) is 0 Å². The summed E-state index contributed by atoms with van der Waals surface area (Å²) in [4.78, 5) is 0. The Hall–Kier alpha value is -0.600. The van der Waals surface area contributed by atoms with Crippen LogP contribution in [0.1, 0.15) is 71.6 Å². The van der Waals surface area contributed by atoms with Gasteiger partial charge < -0.3 is 10.2 Å². The molecule has 0 aromatic heterocycles. The van der Waals surface area contributed by atoms with Gasteiger partial charge in [-0.05, 0) is 25.7 Å². The standard InChI is InChI=1S/C17H32O2/c1-3-5-7-8-9-10-11-13-15-17(19)16(18)14-12-6-4-2/h9-10,13,15-19H,3-8,11-12,14H2,1-2H3. The van der Waals surface area contributed by atoms with Gasteiger partial charge in [0.2, 0.25) is 0 Å². The van der Waals surface area contributed by atoms with Crippen molar-refractivity contribution in [1.82, 2.24) is 0 Å². The lowest BCUT2D eigenvalue weighted by Crippen LogP contribution is -2.23. The molecule has 0 aliphatic carbocycles. The number of hydrogen-bond donors (Lipinski definition) is 2.